The standard InChI is InChI=1S/C19H18ClN3O5/c20-15-5-6-16(17(11-15)23(26)27)21-7-9-22(10-8-21)19(25)13-28-18-4-2-1-3-14(18)12-24/h1-6,11-12H,7-10,13H2. The second-order valence-electron chi connectivity index (χ2n) is 6.20. The number of aldehydes is 1. The fraction of sp³-hybridized carbons (Fsp3) is 0.263. The predicted molar refractivity (Wildman–Crippen MR) is 104 cm³/mol. The van der Waals surface area contributed by atoms with Crippen molar-refractivity contribution in [2.24, 2.45) is 0 Å². The third-order valence-corrected chi connectivity index (χ3v) is 4.74. The number of nitro benzene ring substituents is 1. The zero-order chi connectivity index (χ0) is 20.1. The molecule has 28 heavy (non-hydrogen) atoms. The number of hydrogen-bond donors (Lipinski definition) is 0. The number of piperazine rings is 1. The van der Waals surface area contributed by atoms with E-state index in [1.54, 1.807) is 41.3 Å². The Hall–Kier alpha value is -3.13. The van der Waals surface area contributed by atoms with Crippen LogP contribution >= 0.6 is 11.6 Å². The highest BCUT2D eigenvalue weighted by Crippen LogP contribution is 2.31. The minimum Gasteiger partial charge on any atom is -0.483 e. The Bertz CT molecular complexity index is 897. The van der Waals surface area contributed by atoms with Crippen LogP contribution in [0.15, 0.2) is 42.5 Å². The van der Waals surface area contributed by atoms with E-state index in [1.165, 1.54) is 6.07 Å². The lowest BCUT2D eigenvalue weighted by Crippen LogP contribution is -2.50. The summed E-state index contributed by atoms with van der Waals surface area (Å²) in [6, 6.07) is 11.3. The molecular weight excluding hydrogens is 386 g/mol. The first-order valence-electron chi connectivity index (χ1n) is 8.63. The number of hydrogen-bond acceptors (Lipinski definition) is 6. The molecule has 0 spiro atoms. The van der Waals surface area contributed by atoms with Gasteiger partial charge >= 0.3 is 0 Å². The summed E-state index contributed by atoms with van der Waals surface area (Å²) in [5.74, 6) is 0.159. The lowest BCUT2D eigenvalue weighted by atomic mass is 10.2. The van der Waals surface area contributed by atoms with Gasteiger partial charge in [-0.05, 0) is 24.3 Å². The highest BCUT2D eigenvalue weighted by molar-refractivity contribution is 6.30. The third kappa shape index (κ3) is 4.40. The second-order valence-corrected chi connectivity index (χ2v) is 6.64. The van der Waals surface area contributed by atoms with E-state index in [4.69, 9.17) is 16.3 Å². The van der Waals surface area contributed by atoms with Crippen LogP contribution in [0, 0.1) is 10.1 Å². The number of anilines is 1. The summed E-state index contributed by atoms with van der Waals surface area (Å²) in [5.41, 5.74) is 0.814. The summed E-state index contributed by atoms with van der Waals surface area (Å²) < 4.78 is 5.48. The zero-order valence-electron chi connectivity index (χ0n) is 14.9. The molecule has 1 aliphatic rings. The normalized spacial score (nSPS) is 13.9. The maximum atomic E-state index is 12.4. The van der Waals surface area contributed by atoms with Gasteiger partial charge in [-0.25, -0.2) is 0 Å². The van der Waals surface area contributed by atoms with Crippen LogP contribution in [0.1, 0.15) is 10.4 Å². The van der Waals surface area contributed by atoms with Gasteiger partial charge in [0.25, 0.3) is 11.6 Å². The van der Waals surface area contributed by atoms with Crippen LogP contribution in [-0.4, -0.2) is 54.8 Å². The average Bonchev–Trinajstić information content (AvgIpc) is 2.72. The van der Waals surface area contributed by atoms with Gasteiger partial charge in [-0.2, -0.15) is 0 Å². The first kappa shape index (κ1) is 19.6. The number of benzene rings is 2. The Balaban J connectivity index is 1.59. The van der Waals surface area contributed by atoms with Crippen molar-refractivity contribution < 1.29 is 19.2 Å². The number of para-hydroxylation sites is 1. The highest BCUT2D eigenvalue weighted by atomic mass is 35.5. The van der Waals surface area contributed by atoms with E-state index in [2.05, 4.69) is 0 Å². The zero-order valence-corrected chi connectivity index (χ0v) is 15.7. The lowest BCUT2D eigenvalue weighted by Gasteiger charge is -2.35. The van der Waals surface area contributed by atoms with Gasteiger partial charge in [-0.15, -0.1) is 0 Å². The Labute approximate surface area is 166 Å². The molecule has 1 saturated heterocycles. The Morgan fingerprint density at radius 1 is 1.18 bits per heavy atom. The summed E-state index contributed by atoms with van der Waals surface area (Å²) in [4.78, 5) is 37.7. The molecule has 0 atom stereocenters. The average molecular weight is 404 g/mol. The first-order chi connectivity index (χ1) is 13.5. The molecule has 3 rings (SSSR count). The largest absolute Gasteiger partial charge is 0.483 e. The molecule has 2 aromatic carbocycles. The topological polar surface area (TPSA) is 93.0 Å². The van der Waals surface area contributed by atoms with Gasteiger partial charge in [0.15, 0.2) is 12.9 Å². The van der Waals surface area contributed by atoms with Crippen molar-refractivity contribution >= 4 is 35.2 Å². The van der Waals surface area contributed by atoms with Crippen LogP contribution in [0.3, 0.4) is 0 Å². The Kier molecular flexibility index (Phi) is 6.10. The lowest BCUT2D eigenvalue weighted by molar-refractivity contribution is -0.384. The van der Waals surface area contributed by atoms with E-state index in [1.807, 2.05) is 4.90 Å². The minimum absolute atomic E-state index is 0.0546. The number of nitro groups is 1. The van der Waals surface area contributed by atoms with E-state index < -0.39 is 4.92 Å². The van der Waals surface area contributed by atoms with E-state index >= 15 is 0 Å². The fourth-order valence-electron chi connectivity index (χ4n) is 3.05. The van der Waals surface area contributed by atoms with Crippen molar-refractivity contribution in [2.45, 2.75) is 0 Å². The molecule has 8 nitrogen and oxygen atoms in total. The molecule has 0 radical (unpaired) electrons. The Morgan fingerprint density at radius 2 is 1.89 bits per heavy atom. The quantitative estimate of drug-likeness (QED) is 0.418. The number of rotatable bonds is 6. The number of ether oxygens (including phenoxy) is 1. The molecule has 2 aromatic rings. The molecule has 0 aliphatic carbocycles. The van der Waals surface area contributed by atoms with Crippen LogP contribution < -0.4 is 9.64 Å². The van der Waals surface area contributed by atoms with Gasteiger partial charge in [0.1, 0.15) is 11.4 Å². The van der Waals surface area contributed by atoms with E-state index in [-0.39, 0.29) is 18.2 Å². The second kappa shape index (κ2) is 8.71. The van der Waals surface area contributed by atoms with Gasteiger partial charge < -0.3 is 14.5 Å². The number of amides is 1. The predicted octanol–water partition coefficient (Wildman–Crippen LogP) is 2.79. The molecule has 146 valence electrons. The van der Waals surface area contributed by atoms with Gasteiger partial charge in [0.2, 0.25) is 0 Å². The minimum atomic E-state index is -0.461. The summed E-state index contributed by atoms with van der Waals surface area (Å²) in [6.07, 6.45) is 0.678. The van der Waals surface area contributed by atoms with Gasteiger partial charge in [0, 0.05) is 37.3 Å². The van der Waals surface area contributed by atoms with Gasteiger partial charge in [-0.1, -0.05) is 23.7 Å². The van der Waals surface area contributed by atoms with Gasteiger partial charge in [-0.3, -0.25) is 19.7 Å². The Morgan fingerprint density at radius 3 is 2.57 bits per heavy atom. The maximum absolute atomic E-state index is 12.4. The summed E-state index contributed by atoms with van der Waals surface area (Å²) in [7, 11) is 0. The van der Waals surface area contributed by atoms with Crippen LogP contribution in [0.25, 0.3) is 0 Å². The van der Waals surface area contributed by atoms with Crippen LogP contribution in [0.2, 0.25) is 5.02 Å². The smallest absolute Gasteiger partial charge is 0.294 e. The molecule has 1 aliphatic heterocycles. The number of carbonyl (C=O) groups is 2. The molecule has 1 heterocycles. The molecule has 9 heteroatoms. The molecule has 1 amide bonds. The third-order valence-electron chi connectivity index (χ3n) is 4.50. The van der Waals surface area contributed by atoms with Crippen molar-refractivity contribution in [1.82, 2.24) is 4.90 Å². The van der Waals surface area contributed by atoms with Crippen molar-refractivity contribution in [1.29, 1.82) is 0 Å². The summed E-state index contributed by atoms with van der Waals surface area (Å²) in [5, 5.41) is 11.6. The monoisotopic (exact) mass is 403 g/mol. The molecule has 0 bridgehead atoms. The molecule has 0 unspecified atom stereocenters. The van der Waals surface area contributed by atoms with Crippen LogP contribution in [-0.2, 0) is 4.79 Å². The first-order valence-corrected chi connectivity index (χ1v) is 9.01. The highest BCUT2D eigenvalue weighted by Gasteiger charge is 2.26. The van der Waals surface area contributed by atoms with Crippen molar-refractivity contribution in [3.63, 3.8) is 0 Å². The molecule has 0 N–H and O–H groups in total. The number of carbonyl (C=O) groups excluding carboxylic acids is 2. The van der Waals surface area contributed by atoms with E-state index in [9.17, 15) is 19.7 Å². The van der Waals surface area contributed by atoms with Crippen molar-refractivity contribution in [2.75, 3.05) is 37.7 Å². The van der Waals surface area contributed by atoms with Crippen LogP contribution in [0.4, 0.5) is 11.4 Å². The summed E-state index contributed by atoms with van der Waals surface area (Å²) >= 11 is 5.86. The molecular formula is C19H18ClN3O5. The molecule has 0 saturated carbocycles. The van der Waals surface area contributed by atoms with Gasteiger partial charge in [0.05, 0.1) is 10.5 Å². The SMILES string of the molecule is O=Cc1ccccc1OCC(=O)N1CCN(c2ccc(Cl)cc2[N+](=O)[O-])CC1. The summed E-state index contributed by atoms with van der Waals surface area (Å²) in [6.45, 7) is 1.57. The van der Waals surface area contributed by atoms with Crippen molar-refractivity contribution in [3.05, 3.63) is 63.2 Å². The van der Waals surface area contributed by atoms with Crippen LogP contribution in [0.5, 0.6) is 5.75 Å². The number of halogens is 1. The van der Waals surface area contributed by atoms with E-state index in [0.717, 1.165) is 0 Å². The number of nitrogens with zero attached hydrogens (tertiary/aromatic N) is 3. The molecule has 1 fully saturated rings. The molecule has 0 aromatic heterocycles. The van der Waals surface area contributed by atoms with Crippen molar-refractivity contribution in [3.8, 4) is 5.75 Å². The van der Waals surface area contributed by atoms with E-state index in [0.29, 0.717) is 54.5 Å². The maximum Gasteiger partial charge on any atom is 0.294 e. The fourth-order valence-corrected chi connectivity index (χ4v) is 3.21.